The predicted molar refractivity (Wildman–Crippen MR) is 110 cm³/mol. The van der Waals surface area contributed by atoms with Gasteiger partial charge in [-0.05, 0) is 31.2 Å². The largest absolute Gasteiger partial charge is 0.493 e. The molecule has 0 saturated carbocycles. The minimum absolute atomic E-state index is 0.0444. The number of anilines is 1. The number of carbonyl (C=O) groups is 1. The van der Waals surface area contributed by atoms with Crippen LogP contribution in [0.5, 0.6) is 17.2 Å². The number of methoxy groups -OCH3 is 3. The predicted octanol–water partition coefficient (Wildman–Crippen LogP) is 3.59. The third-order valence-corrected chi connectivity index (χ3v) is 5.19. The average molecular weight is 409 g/mol. The summed E-state index contributed by atoms with van der Waals surface area (Å²) >= 11 is 0. The third-order valence-electron chi connectivity index (χ3n) is 5.19. The van der Waals surface area contributed by atoms with Gasteiger partial charge >= 0.3 is 0 Å². The summed E-state index contributed by atoms with van der Waals surface area (Å²) in [4.78, 5) is 18.9. The molecule has 0 N–H and O–H groups in total. The molecule has 2 heterocycles. The number of aromatic nitrogens is 2. The van der Waals surface area contributed by atoms with Crippen molar-refractivity contribution in [2.45, 2.75) is 19.3 Å². The number of aryl methyl sites for hydroxylation is 1. The summed E-state index contributed by atoms with van der Waals surface area (Å²) in [7, 11) is 4.63. The molecule has 0 radical (unpaired) electrons. The number of hydrogen-bond acceptors (Lipinski definition) is 7. The van der Waals surface area contributed by atoms with E-state index in [1.54, 1.807) is 38.4 Å². The van der Waals surface area contributed by atoms with Crippen LogP contribution in [0.3, 0.4) is 0 Å². The molecule has 0 unspecified atom stereocenters. The zero-order chi connectivity index (χ0) is 21.3. The molecule has 8 heteroatoms. The molecule has 1 aliphatic heterocycles. The summed E-state index contributed by atoms with van der Waals surface area (Å²) in [5.41, 5.74) is 2.67. The molecule has 1 aliphatic rings. The lowest BCUT2D eigenvalue weighted by molar-refractivity contribution is -0.117. The lowest BCUT2D eigenvalue weighted by Crippen LogP contribution is -2.24. The number of nitrogens with zero attached hydrogens (tertiary/aromatic N) is 3. The van der Waals surface area contributed by atoms with Crippen molar-refractivity contribution in [1.82, 2.24) is 10.1 Å². The van der Waals surface area contributed by atoms with Gasteiger partial charge in [-0.1, -0.05) is 22.9 Å². The first-order valence-corrected chi connectivity index (χ1v) is 9.55. The monoisotopic (exact) mass is 409 g/mol. The molecule has 0 aliphatic carbocycles. The fourth-order valence-corrected chi connectivity index (χ4v) is 3.58. The van der Waals surface area contributed by atoms with E-state index >= 15 is 0 Å². The van der Waals surface area contributed by atoms with E-state index in [1.165, 1.54) is 0 Å². The van der Waals surface area contributed by atoms with Crippen molar-refractivity contribution in [1.29, 1.82) is 0 Å². The lowest BCUT2D eigenvalue weighted by Gasteiger charge is -2.16. The summed E-state index contributed by atoms with van der Waals surface area (Å²) in [5.74, 6) is 2.20. The Bertz CT molecular complexity index is 1040. The second-order valence-electron chi connectivity index (χ2n) is 7.11. The first kappa shape index (κ1) is 19.8. The number of hydrogen-bond donors (Lipinski definition) is 0. The van der Waals surface area contributed by atoms with Crippen LogP contribution in [-0.2, 0) is 4.79 Å². The summed E-state index contributed by atoms with van der Waals surface area (Å²) in [6.45, 7) is 2.53. The van der Waals surface area contributed by atoms with Crippen molar-refractivity contribution in [2.24, 2.45) is 0 Å². The molecule has 3 aromatic rings. The van der Waals surface area contributed by atoms with Gasteiger partial charge in [-0.2, -0.15) is 4.98 Å². The molecule has 1 atom stereocenters. The van der Waals surface area contributed by atoms with Gasteiger partial charge in [-0.25, -0.2) is 0 Å². The smallest absolute Gasteiger partial charge is 0.258 e. The number of benzene rings is 2. The Morgan fingerprint density at radius 3 is 2.30 bits per heavy atom. The average Bonchev–Trinajstić information content (AvgIpc) is 3.40. The highest BCUT2D eigenvalue weighted by Crippen LogP contribution is 2.41. The molecular formula is C22H23N3O5. The molecule has 0 spiro atoms. The molecule has 1 amide bonds. The zero-order valence-electron chi connectivity index (χ0n) is 17.3. The van der Waals surface area contributed by atoms with Crippen LogP contribution in [0.2, 0.25) is 0 Å². The van der Waals surface area contributed by atoms with Crippen LogP contribution in [0.25, 0.3) is 11.5 Å². The zero-order valence-corrected chi connectivity index (χ0v) is 17.3. The van der Waals surface area contributed by atoms with Gasteiger partial charge in [-0.3, -0.25) is 4.79 Å². The van der Waals surface area contributed by atoms with Gasteiger partial charge in [0, 0.05) is 30.1 Å². The standard InChI is InChI=1S/C22H23N3O5/c1-13-5-7-16(8-6-13)25-12-15(11-19(25)26)21-23-22(30-24-21)14-9-17(27-2)20(29-4)18(10-14)28-3/h5-10,15H,11-12H2,1-4H3/t15-/m0/s1. The van der Waals surface area contributed by atoms with E-state index in [4.69, 9.17) is 18.7 Å². The Morgan fingerprint density at radius 2 is 1.70 bits per heavy atom. The fraction of sp³-hybridized carbons (Fsp3) is 0.318. The molecule has 4 rings (SSSR count). The summed E-state index contributed by atoms with van der Waals surface area (Å²) in [6, 6.07) is 11.4. The van der Waals surface area contributed by atoms with Crippen LogP contribution >= 0.6 is 0 Å². The van der Waals surface area contributed by atoms with Crippen molar-refractivity contribution in [2.75, 3.05) is 32.8 Å². The molecular weight excluding hydrogens is 386 g/mol. The van der Waals surface area contributed by atoms with Gasteiger partial charge < -0.3 is 23.6 Å². The first-order chi connectivity index (χ1) is 14.5. The number of rotatable bonds is 6. The van der Waals surface area contributed by atoms with Crippen LogP contribution in [-0.4, -0.2) is 43.9 Å². The van der Waals surface area contributed by atoms with Crippen molar-refractivity contribution >= 4 is 11.6 Å². The van der Waals surface area contributed by atoms with Crippen LogP contribution in [0.4, 0.5) is 5.69 Å². The van der Waals surface area contributed by atoms with E-state index in [0.29, 0.717) is 47.5 Å². The van der Waals surface area contributed by atoms with E-state index in [0.717, 1.165) is 11.3 Å². The minimum atomic E-state index is -0.140. The van der Waals surface area contributed by atoms with Gasteiger partial charge in [0.05, 0.1) is 21.3 Å². The first-order valence-electron chi connectivity index (χ1n) is 9.55. The maximum absolute atomic E-state index is 12.6. The van der Waals surface area contributed by atoms with Crippen LogP contribution in [0, 0.1) is 6.92 Å². The van der Waals surface area contributed by atoms with E-state index in [9.17, 15) is 4.79 Å². The third kappa shape index (κ3) is 3.56. The SMILES string of the molecule is COc1cc(-c2nc([C@H]3CC(=O)N(c4ccc(C)cc4)C3)no2)cc(OC)c1OC. The highest BCUT2D eigenvalue weighted by atomic mass is 16.5. The Hall–Kier alpha value is -3.55. The molecule has 1 fully saturated rings. The van der Waals surface area contributed by atoms with Crippen LogP contribution in [0.15, 0.2) is 40.9 Å². The van der Waals surface area contributed by atoms with E-state index in [1.807, 2.05) is 31.2 Å². The van der Waals surface area contributed by atoms with Crippen molar-refractivity contribution in [3.8, 4) is 28.7 Å². The van der Waals surface area contributed by atoms with Gasteiger partial charge in [-0.15, -0.1) is 0 Å². The lowest BCUT2D eigenvalue weighted by atomic mass is 10.1. The molecule has 1 saturated heterocycles. The summed E-state index contributed by atoms with van der Waals surface area (Å²) in [5, 5.41) is 4.13. The second-order valence-corrected chi connectivity index (χ2v) is 7.11. The second kappa shape index (κ2) is 8.06. The van der Waals surface area contributed by atoms with Crippen molar-refractivity contribution < 1.29 is 23.5 Å². The molecule has 1 aromatic heterocycles. The van der Waals surface area contributed by atoms with E-state index < -0.39 is 0 Å². The van der Waals surface area contributed by atoms with E-state index in [2.05, 4.69) is 10.1 Å². The quantitative estimate of drug-likeness (QED) is 0.615. The Morgan fingerprint density at radius 1 is 1.03 bits per heavy atom. The minimum Gasteiger partial charge on any atom is -0.493 e. The fourth-order valence-electron chi connectivity index (χ4n) is 3.58. The maximum atomic E-state index is 12.6. The number of amides is 1. The van der Waals surface area contributed by atoms with E-state index in [-0.39, 0.29) is 11.8 Å². The van der Waals surface area contributed by atoms with Crippen molar-refractivity contribution in [3.05, 3.63) is 47.8 Å². The highest BCUT2D eigenvalue weighted by molar-refractivity contribution is 5.96. The molecule has 0 bridgehead atoms. The summed E-state index contributed by atoms with van der Waals surface area (Å²) < 4.78 is 21.6. The van der Waals surface area contributed by atoms with Crippen LogP contribution in [0.1, 0.15) is 23.7 Å². The molecule has 30 heavy (non-hydrogen) atoms. The van der Waals surface area contributed by atoms with Gasteiger partial charge in [0.2, 0.25) is 11.7 Å². The van der Waals surface area contributed by atoms with Gasteiger partial charge in [0.1, 0.15) is 0 Å². The van der Waals surface area contributed by atoms with Gasteiger partial charge in [0.15, 0.2) is 17.3 Å². The van der Waals surface area contributed by atoms with Gasteiger partial charge in [0.25, 0.3) is 5.89 Å². The molecule has 156 valence electrons. The Kier molecular flexibility index (Phi) is 5.31. The topological polar surface area (TPSA) is 86.9 Å². The Labute approximate surface area is 174 Å². The Balaban J connectivity index is 1.59. The molecule has 2 aromatic carbocycles. The van der Waals surface area contributed by atoms with Crippen LogP contribution < -0.4 is 19.1 Å². The maximum Gasteiger partial charge on any atom is 0.258 e. The van der Waals surface area contributed by atoms with Crippen molar-refractivity contribution in [3.63, 3.8) is 0 Å². The normalized spacial score (nSPS) is 16.1. The number of carbonyl (C=O) groups excluding carboxylic acids is 1. The molecule has 8 nitrogen and oxygen atoms in total. The highest BCUT2D eigenvalue weighted by Gasteiger charge is 2.34. The number of ether oxygens (including phenoxy) is 3. The summed E-state index contributed by atoms with van der Waals surface area (Å²) in [6.07, 6.45) is 0.335.